The zero-order valence-corrected chi connectivity index (χ0v) is 13.9. The van der Waals surface area contributed by atoms with Gasteiger partial charge in [0.15, 0.2) is 5.13 Å². The first-order valence-corrected chi connectivity index (χ1v) is 8.22. The van der Waals surface area contributed by atoms with E-state index < -0.39 is 0 Å². The molecule has 2 aromatic carbocycles. The molecule has 0 unspecified atom stereocenters. The SMILES string of the molecule is Cc1c(Cl)cccc1NC(=O)c1cccc(Nc2nccs2)c1. The predicted molar refractivity (Wildman–Crippen MR) is 96.0 cm³/mol. The molecule has 2 N–H and O–H groups in total. The Morgan fingerprint density at radius 2 is 2.04 bits per heavy atom. The van der Waals surface area contributed by atoms with E-state index in [9.17, 15) is 4.79 Å². The van der Waals surface area contributed by atoms with Gasteiger partial charge in [0.05, 0.1) is 0 Å². The summed E-state index contributed by atoms with van der Waals surface area (Å²) in [5, 5.41) is 9.36. The molecule has 0 atom stereocenters. The van der Waals surface area contributed by atoms with Crippen molar-refractivity contribution in [3.8, 4) is 0 Å². The van der Waals surface area contributed by atoms with E-state index in [-0.39, 0.29) is 5.91 Å². The van der Waals surface area contributed by atoms with Crippen molar-refractivity contribution in [3.63, 3.8) is 0 Å². The van der Waals surface area contributed by atoms with Gasteiger partial charge >= 0.3 is 0 Å². The van der Waals surface area contributed by atoms with Crippen molar-refractivity contribution in [2.45, 2.75) is 6.92 Å². The van der Waals surface area contributed by atoms with Gasteiger partial charge in [-0.2, -0.15) is 0 Å². The van der Waals surface area contributed by atoms with Crippen molar-refractivity contribution < 1.29 is 4.79 Å². The van der Waals surface area contributed by atoms with Crippen molar-refractivity contribution in [2.75, 3.05) is 10.6 Å². The molecular weight excluding hydrogens is 330 g/mol. The molecule has 6 heteroatoms. The van der Waals surface area contributed by atoms with Gasteiger partial charge in [-0.25, -0.2) is 4.98 Å². The van der Waals surface area contributed by atoms with Gasteiger partial charge in [0.2, 0.25) is 0 Å². The highest BCUT2D eigenvalue weighted by Gasteiger charge is 2.10. The van der Waals surface area contributed by atoms with Crippen LogP contribution in [0.2, 0.25) is 5.02 Å². The Labute approximate surface area is 143 Å². The number of hydrogen-bond donors (Lipinski definition) is 2. The number of carbonyl (C=O) groups is 1. The van der Waals surface area contributed by atoms with Crippen LogP contribution in [0.1, 0.15) is 15.9 Å². The van der Waals surface area contributed by atoms with E-state index in [1.807, 2.05) is 36.6 Å². The Kier molecular flexibility index (Phi) is 4.60. The van der Waals surface area contributed by atoms with Crippen molar-refractivity contribution in [2.24, 2.45) is 0 Å². The summed E-state index contributed by atoms with van der Waals surface area (Å²) >= 11 is 7.58. The minimum Gasteiger partial charge on any atom is -0.332 e. The van der Waals surface area contributed by atoms with Gasteiger partial charge in [-0.05, 0) is 42.8 Å². The molecule has 1 aromatic heterocycles. The number of thiazole rings is 1. The van der Waals surface area contributed by atoms with E-state index in [1.54, 1.807) is 24.4 Å². The average molecular weight is 344 g/mol. The molecule has 0 saturated carbocycles. The van der Waals surface area contributed by atoms with Gasteiger partial charge in [0.25, 0.3) is 5.91 Å². The van der Waals surface area contributed by atoms with Crippen LogP contribution in [0.15, 0.2) is 54.0 Å². The van der Waals surface area contributed by atoms with Gasteiger partial charge < -0.3 is 10.6 Å². The topological polar surface area (TPSA) is 54.0 Å². The first kappa shape index (κ1) is 15.5. The molecule has 0 aliphatic rings. The number of halogens is 1. The van der Waals surface area contributed by atoms with E-state index in [4.69, 9.17) is 11.6 Å². The molecule has 4 nitrogen and oxygen atoms in total. The number of benzene rings is 2. The predicted octanol–water partition coefficient (Wildman–Crippen LogP) is 5.10. The highest BCUT2D eigenvalue weighted by atomic mass is 35.5. The molecule has 116 valence electrons. The molecule has 23 heavy (non-hydrogen) atoms. The molecular formula is C17H14ClN3OS. The third-order valence-corrected chi connectivity index (χ3v) is 4.42. The maximum Gasteiger partial charge on any atom is 0.255 e. The number of carbonyl (C=O) groups excluding carboxylic acids is 1. The van der Waals surface area contributed by atoms with E-state index in [0.29, 0.717) is 16.3 Å². The van der Waals surface area contributed by atoms with Crippen LogP contribution in [0.25, 0.3) is 0 Å². The lowest BCUT2D eigenvalue weighted by molar-refractivity contribution is 0.102. The van der Waals surface area contributed by atoms with Gasteiger partial charge in [-0.1, -0.05) is 23.7 Å². The Balaban J connectivity index is 1.78. The fraction of sp³-hybridized carbons (Fsp3) is 0.0588. The number of aromatic nitrogens is 1. The van der Waals surface area contributed by atoms with Crippen molar-refractivity contribution in [1.82, 2.24) is 4.98 Å². The van der Waals surface area contributed by atoms with Crippen molar-refractivity contribution >= 4 is 45.4 Å². The lowest BCUT2D eigenvalue weighted by atomic mass is 10.1. The highest BCUT2D eigenvalue weighted by molar-refractivity contribution is 7.13. The number of anilines is 3. The molecule has 0 radical (unpaired) electrons. The molecule has 3 rings (SSSR count). The van der Waals surface area contributed by atoms with E-state index in [1.165, 1.54) is 11.3 Å². The number of nitrogens with one attached hydrogen (secondary N) is 2. The van der Waals surface area contributed by atoms with Gasteiger partial charge in [0, 0.05) is 33.5 Å². The van der Waals surface area contributed by atoms with Gasteiger partial charge in [-0.15, -0.1) is 11.3 Å². The third kappa shape index (κ3) is 3.70. The summed E-state index contributed by atoms with van der Waals surface area (Å²) in [5.41, 5.74) is 2.93. The number of rotatable bonds is 4. The van der Waals surface area contributed by atoms with E-state index >= 15 is 0 Å². The highest BCUT2D eigenvalue weighted by Crippen LogP contribution is 2.24. The lowest BCUT2D eigenvalue weighted by Crippen LogP contribution is -2.13. The molecule has 0 aliphatic carbocycles. The standard InChI is InChI=1S/C17H14ClN3OS/c1-11-14(18)6-3-7-15(11)21-16(22)12-4-2-5-13(10-12)20-17-19-8-9-23-17/h2-10H,1H3,(H,19,20)(H,21,22). The van der Waals surface area contributed by atoms with Crippen LogP contribution >= 0.6 is 22.9 Å². The largest absolute Gasteiger partial charge is 0.332 e. The molecule has 0 spiro atoms. The molecule has 3 aromatic rings. The van der Waals surface area contributed by atoms with Crippen molar-refractivity contribution in [3.05, 3.63) is 70.2 Å². The van der Waals surface area contributed by atoms with Crippen LogP contribution in [-0.2, 0) is 0 Å². The second-order valence-electron chi connectivity index (χ2n) is 4.91. The normalized spacial score (nSPS) is 10.3. The Bertz CT molecular complexity index is 834. The van der Waals surface area contributed by atoms with Crippen LogP contribution in [0, 0.1) is 6.92 Å². The molecule has 0 bridgehead atoms. The molecule has 0 fully saturated rings. The third-order valence-electron chi connectivity index (χ3n) is 3.32. The van der Waals surface area contributed by atoms with Gasteiger partial charge in [-0.3, -0.25) is 4.79 Å². The summed E-state index contributed by atoms with van der Waals surface area (Å²) in [6, 6.07) is 12.7. The lowest BCUT2D eigenvalue weighted by Gasteiger charge is -2.10. The maximum absolute atomic E-state index is 12.4. The number of nitrogens with zero attached hydrogens (tertiary/aromatic N) is 1. The maximum atomic E-state index is 12.4. The fourth-order valence-corrected chi connectivity index (χ4v) is 2.81. The minimum atomic E-state index is -0.182. The smallest absolute Gasteiger partial charge is 0.255 e. The van der Waals surface area contributed by atoms with Crippen LogP contribution in [-0.4, -0.2) is 10.9 Å². The quantitative estimate of drug-likeness (QED) is 0.692. The summed E-state index contributed by atoms with van der Waals surface area (Å²) in [4.78, 5) is 16.6. The summed E-state index contributed by atoms with van der Waals surface area (Å²) in [5.74, 6) is -0.182. The number of hydrogen-bond acceptors (Lipinski definition) is 4. The van der Waals surface area contributed by atoms with Crippen molar-refractivity contribution in [1.29, 1.82) is 0 Å². The fourth-order valence-electron chi connectivity index (χ4n) is 2.08. The van der Waals surface area contributed by atoms with E-state index in [2.05, 4.69) is 15.6 Å². The second-order valence-corrected chi connectivity index (χ2v) is 6.21. The Hall–Kier alpha value is -2.37. The zero-order chi connectivity index (χ0) is 16.2. The van der Waals surface area contributed by atoms with Crippen LogP contribution in [0.3, 0.4) is 0 Å². The summed E-state index contributed by atoms with van der Waals surface area (Å²) in [6.07, 6.45) is 1.73. The van der Waals surface area contributed by atoms with E-state index in [0.717, 1.165) is 16.4 Å². The average Bonchev–Trinajstić information content (AvgIpc) is 3.05. The number of amides is 1. The summed E-state index contributed by atoms with van der Waals surface area (Å²) < 4.78 is 0. The first-order chi connectivity index (χ1) is 11.1. The van der Waals surface area contributed by atoms with Crippen LogP contribution in [0.4, 0.5) is 16.5 Å². The molecule has 1 amide bonds. The molecule has 0 saturated heterocycles. The van der Waals surface area contributed by atoms with Crippen LogP contribution in [0.5, 0.6) is 0 Å². The second kappa shape index (κ2) is 6.81. The first-order valence-electron chi connectivity index (χ1n) is 6.96. The van der Waals surface area contributed by atoms with Crippen LogP contribution < -0.4 is 10.6 Å². The summed E-state index contributed by atoms with van der Waals surface area (Å²) in [7, 11) is 0. The Morgan fingerprint density at radius 1 is 1.22 bits per heavy atom. The summed E-state index contributed by atoms with van der Waals surface area (Å²) in [6.45, 7) is 1.87. The molecule has 0 aliphatic heterocycles. The minimum absolute atomic E-state index is 0.182. The molecule has 1 heterocycles. The van der Waals surface area contributed by atoms with Gasteiger partial charge in [0.1, 0.15) is 0 Å². The monoisotopic (exact) mass is 343 g/mol. The Morgan fingerprint density at radius 3 is 2.83 bits per heavy atom. The zero-order valence-electron chi connectivity index (χ0n) is 12.3.